The molecule has 0 saturated carbocycles. The third-order valence-corrected chi connectivity index (χ3v) is 3.44. The molecule has 0 aliphatic heterocycles. The number of aromatic nitrogens is 1. The fraction of sp³-hybridized carbons (Fsp3) is 0.250. The molecule has 5 nitrogen and oxygen atoms in total. The molecular formula is C16H16ClNO4. The first kappa shape index (κ1) is 16.1. The number of hydrogen-bond acceptors (Lipinski definition) is 5. The van der Waals surface area contributed by atoms with Crippen LogP contribution in [0.25, 0.3) is 0 Å². The molecule has 116 valence electrons. The number of esters is 1. The Bertz CT molecular complexity index is 688. The van der Waals surface area contributed by atoms with E-state index in [4.69, 9.17) is 21.1 Å². The number of alkyl halides is 1. The number of carbonyl (C=O) groups excluding carboxylic acids is 1. The van der Waals surface area contributed by atoms with E-state index in [9.17, 15) is 4.79 Å². The number of halogens is 1. The molecule has 1 heterocycles. The minimum absolute atomic E-state index is 0.307. The Balaban J connectivity index is 2.36. The molecule has 0 bridgehead atoms. The summed E-state index contributed by atoms with van der Waals surface area (Å²) in [4.78, 5) is 15.7. The number of benzene rings is 1. The number of nitrogens with zero attached hydrogens (tertiary/aromatic N) is 1. The van der Waals surface area contributed by atoms with Crippen LogP contribution in [0.15, 0.2) is 30.5 Å². The average molecular weight is 322 g/mol. The smallest absolute Gasteiger partial charge is 0.337 e. The van der Waals surface area contributed by atoms with Gasteiger partial charge in [0.25, 0.3) is 0 Å². The lowest BCUT2D eigenvalue weighted by Crippen LogP contribution is -2.02. The molecular weight excluding hydrogens is 306 g/mol. The summed E-state index contributed by atoms with van der Waals surface area (Å²) < 4.78 is 15.8. The molecule has 0 aliphatic carbocycles. The van der Waals surface area contributed by atoms with Crippen LogP contribution in [-0.4, -0.2) is 25.2 Å². The van der Waals surface area contributed by atoms with Gasteiger partial charge in [0.1, 0.15) is 5.75 Å². The van der Waals surface area contributed by atoms with Gasteiger partial charge in [-0.1, -0.05) is 0 Å². The fourth-order valence-corrected chi connectivity index (χ4v) is 2.19. The predicted molar refractivity (Wildman–Crippen MR) is 82.9 cm³/mol. The second-order valence-corrected chi connectivity index (χ2v) is 4.74. The number of pyridine rings is 1. The molecule has 0 atom stereocenters. The van der Waals surface area contributed by atoms with Gasteiger partial charge in [0.05, 0.1) is 31.4 Å². The zero-order valence-electron chi connectivity index (χ0n) is 12.6. The van der Waals surface area contributed by atoms with E-state index in [1.54, 1.807) is 30.5 Å². The lowest BCUT2D eigenvalue weighted by atomic mass is 10.2. The van der Waals surface area contributed by atoms with Gasteiger partial charge < -0.3 is 14.2 Å². The van der Waals surface area contributed by atoms with Gasteiger partial charge in [0.2, 0.25) is 0 Å². The molecule has 0 aliphatic rings. The molecule has 2 aromatic rings. The van der Waals surface area contributed by atoms with Crippen molar-refractivity contribution in [3.8, 4) is 17.2 Å². The predicted octanol–water partition coefficient (Wildman–Crippen LogP) is 3.72. The van der Waals surface area contributed by atoms with Gasteiger partial charge in [-0.15, -0.1) is 11.6 Å². The van der Waals surface area contributed by atoms with Gasteiger partial charge in [0.15, 0.2) is 11.5 Å². The number of rotatable bonds is 5. The SMILES string of the molecule is COC(=O)c1ccc(Oc2ccnc(CCl)c2C)c(OC)c1. The molecule has 1 aromatic heterocycles. The standard InChI is InChI=1S/C16H16ClNO4/c1-10-12(9-17)18-7-6-13(10)22-14-5-4-11(16(19)21-3)8-15(14)20-2/h4-8H,9H2,1-3H3. The van der Waals surface area contributed by atoms with Gasteiger partial charge in [-0.3, -0.25) is 4.98 Å². The van der Waals surface area contributed by atoms with Gasteiger partial charge >= 0.3 is 5.97 Å². The van der Waals surface area contributed by atoms with Crippen molar-refractivity contribution < 1.29 is 19.0 Å². The van der Waals surface area contributed by atoms with Crippen molar-refractivity contribution in [2.24, 2.45) is 0 Å². The van der Waals surface area contributed by atoms with Gasteiger partial charge in [0, 0.05) is 11.8 Å². The highest BCUT2D eigenvalue weighted by molar-refractivity contribution is 6.17. The van der Waals surface area contributed by atoms with Crippen LogP contribution in [0.3, 0.4) is 0 Å². The zero-order chi connectivity index (χ0) is 16.1. The minimum atomic E-state index is -0.436. The van der Waals surface area contributed by atoms with Crippen LogP contribution < -0.4 is 9.47 Å². The van der Waals surface area contributed by atoms with Crippen LogP contribution in [0.2, 0.25) is 0 Å². The summed E-state index contributed by atoms with van der Waals surface area (Å²) >= 11 is 5.84. The third-order valence-electron chi connectivity index (χ3n) is 3.19. The van der Waals surface area contributed by atoms with E-state index in [1.807, 2.05) is 6.92 Å². The highest BCUT2D eigenvalue weighted by Crippen LogP contribution is 2.34. The molecule has 22 heavy (non-hydrogen) atoms. The molecule has 0 spiro atoms. The molecule has 0 N–H and O–H groups in total. The van der Waals surface area contributed by atoms with Gasteiger partial charge in [-0.2, -0.15) is 0 Å². The van der Waals surface area contributed by atoms with Crippen LogP contribution in [0.4, 0.5) is 0 Å². The van der Waals surface area contributed by atoms with E-state index in [0.717, 1.165) is 11.3 Å². The summed E-state index contributed by atoms with van der Waals surface area (Å²) in [6, 6.07) is 6.59. The van der Waals surface area contributed by atoms with E-state index in [1.165, 1.54) is 14.2 Å². The molecule has 0 radical (unpaired) electrons. The summed E-state index contributed by atoms with van der Waals surface area (Å²) in [5, 5.41) is 0. The lowest BCUT2D eigenvalue weighted by Gasteiger charge is -2.14. The van der Waals surface area contributed by atoms with Gasteiger partial charge in [-0.25, -0.2) is 4.79 Å². The van der Waals surface area contributed by atoms with Crippen molar-refractivity contribution in [1.82, 2.24) is 4.98 Å². The lowest BCUT2D eigenvalue weighted by molar-refractivity contribution is 0.0600. The molecule has 0 fully saturated rings. The summed E-state index contributed by atoms with van der Waals surface area (Å²) in [7, 11) is 2.83. The van der Waals surface area contributed by atoms with Crippen molar-refractivity contribution in [1.29, 1.82) is 0 Å². The van der Waals surface area contributed by atoms with Crippen LogP contribution in [-0.2, 0) is 10.6 Å². The number of methoxy groups -OCH3 is 2. The Labute approximate surface area is 133 Å². The van der Waals surface area contributed by atoms with E-state index < -0.39 is 5.97 Å². The van der Waals surface area contributed by atoms with Crippen molar-refractivity contribution in [2.75, 3.05) is 14.2 Å². The van der Waals surface area contributed by atoms with Crippen molar-refractivity contribution in [2.45, 2.75) is 12.8 Å². The first-order chi connectivity index (χ1) is 10.6. The van der Waals surface area contributed by atoms with Crippen molar-refractivity contribution in [3.63, 3.8) is 0 Å². The largest absolute Gasteiger partial charge is 0.493 e. The van der Waals surface area contributed by atoms with Crippen LogP contribution in [0.1, 0.15) is 21.6 Å². The fourth-order valence-electron chi connectivity index (χ4n) is 1.92. The molecule has 1 aromatic carbocycles. The topological polar surface area (TPSA) is 57.7 Å². The Hall–Kier alpha value is -2.27. The summed E-state index contributed by atoms with van der Waals surface area (Å²) in [6.45, 7) is 1.88. The van der Waals surface area contributed by atoms with Crippen molar-refractivity contribution in [3.05, 3.63) is 47.3 Å². The number of ether oxygens (including phenoxy) is 3. The quantitative estimate of drug-likeness (QED) is 0.620. The second-order valence-electron chi connectivity index (χ2n) is 4.47. The minimum Gasteiger partial charge on any atom is -0.493 e. The van der Waals surface area contributed by atoms with E-state index in [0.29, 0.717) is 28.7 Å². The molecule has 6 heteroatoms. The van der Waals surface area contributed by atoms with E-state index in [-0.39, 0.29) is 0 Å². The van der Waals surface area contributed by atoms with Gasteiger partial charge in [-0.05, 0) is 31.2 Å². The first-order valence-electron chi connectivity index (χ1n) is 6.55. The van der Waals surface area contributed by atoms with Crippen molar-refractivity contribution >= 4 is 17.6 Å². The highest BCUT2D eigenvalue weighted by atomic mass is 35.5. The number of hydrogen-bond donors (Lipinski definition) is 0. The molecule has 0 unspecified atom stereocenters. The van der Waals surface area contributed by atoms with E-state index in [2.05, 4.69) is 9.72 Å². The monoisotopic (exact) mass is 321 g/mol. The maximum Gasteiger partial charge on any atom is 0.337 e. The Kier molecular flexibility index (Phi) is 5.22. The summed E-state index contributed by atoms with van der Waals surface area (Å²) in [5.74, 6) is 1.43. The molecule has 0 amide bonds. The number of carbonyl (C=O) groups is 1. The van der Waals surface area contributed by atoms with Crippen LogP contribution in [0.5, 0.6) is 17.2 Å². The Morgan fingerprint density at radius 2 is 1.95 bits per heavy atom. The van der Waals surface area contributed by atoms with Crippen LogP contribution >= 0.6 is 11.6 Å². The Morgan fingerprint density at radius 1 is 1.18 bits per heavy atom. The highest BCUT2D eigenvalue weighted by Gasteiger charge is 2.13. The molecule has 2 rings (SSSR count). The average Bonchev–Trinajstić information content (AvgIpc) is 2.56. The first-order valence-corrected chi connectivity index (χ1v) is 7.08. The Morgan fingerprint density at radius 3 is 2.59 bits per heavy atom. The van der Waals surface area contributed by atoms with E-state index >= 15 is 0 Å². The normalized spacial score (nSPS) is 10.2. The zero-order valence-corrected chi connectivity index (χ0v) is 13.3. The maximum atomic E-state index is 11.5. The second kappa shape index (κ2) is 7.13. The summed E-state index contributed by atoms with van der Waals surface area (Å²) in [5.41, 5.74) is 2.00. The molecule has 0 saturated heterocycles. The third kappa shape index (κ3) is 3.31. The van der Waals surface area contributed by atoms with Crippen LogP contribution in [0, 0.1) is 6.92 Å². The maximum absolute atomic E-state index is 11.5. The summed E-state index contributed by atoms with van der Waals surface area (Å²) in [6.07, 6.45) is 1.63.